The van der Waals surface area contributed by atoms with E-state index in [0.29, 0.717) is 44.4 Å². The molecule has 4 aromatic rings. The summed E-state index contributed by atoms with van der Waals surface area (Å²) in [5.74, 6) is 1.12. The van der Waals surface area contributed by atoms with Gasteiger partial charge in [0.1, 0.15) is 12.4 Å². The average Bonchev–Trinajstić information content (AvgIpc) is 2.83. The molecule has 0 saturated heterocycles. The van der Waals surface area contributed by atoms with E-state index in [4.69, 9.17) is 21.1 Å². The summed E-state index contributed by atoms with van der Waals surface area (Å²) in [7, 11) is 1.48. The average molecular weight is 558 g/mol. The predicted octanol–water partition coefficient (Wildman–Crippen LogP) is 5.50. The Bertz CT molecular complexity index is 1520. The SMILES string of the molecule is COc1cc(Cl)cc(C=Nn2c(C)nc3ccc(Br)cc3c2=O)c1OCc1ccc([N+](=O)[O-])cc1. The second kappa shape index (κ2) is 10.2. The van der Waals surface area contributed by atoms with Crippen molar-refractivity contribution in [2.24, 2.45) is 5.10 Å². The Kier molecular flexibility index (Phi) is 7.13. The molecule has 0 aliphatic rings. The summed E-state index contributed by atoms with van der Waals surface area (Å²) < 4.78 is 13.4. The minimum absolute atomic E-state index is 0.0116. The number of nitrogens with zero attached hydrogens (tertiary/aromatic N) is 4. The molecule has 0 amide bonds. The van der Waals surface area contributed by atoms with Crippen LogP contribution in [0.25, 0.3) is 10.9 Å². The van der Waals surface area contributed by atoms with Crippen molar-refractivity contribution < 1.29 is 14.4 Å². The van der Waals surface area contributed by atoms with Crippen LogP contribution in [-0.2, 0) is 6.61 Å². The molecule has 35 heavy (non-hydrogen) atoms. The molecule has 0 radical (unpaired) electrons. The number of methoxy groups -OCH3 is 1. The zero-order valence-electron chi connectivity index (χ0n) is 18.6. The number of non-ortho nitro benzene ring substituents is 1. The lowest BCUT2D eigenvalue weighted by Crippen LogP contribution is -2.20. The van der Waals surface area contributed by atoms with Crippen molar-refractivity contribution >= 4 is 50.3 Å². The lowest BCUT2D eigenvalue weighted by atomic mass is 10.2. The first-order chi connectivity index (χ1) is 16.8. The molecule has 0 saturated carbocycles. The fourth-order valence-electron chi connectivity index (χ4n) is 3.38. The highest BCUT2D eigenvalue weighted by Gasteiger charge is 2.14. The van der Waals surface area contributed by atoms with E-state index in [-0.39, 0.29) is 17.9 Å². The van der Waals surface area contributed by atoms with E-state index in [9.17, 15) is 14.9 Å². The highest BCUT2D eigenvalue weighted by Crippen LogP contribution is 2.34. The monoisotopic (exact) mass is 556 g/mol. The van der Waals surface area contributed by atoms with Crippen LogP contribution in [-0.4, -0.2) is 27.9 Å². The summed E-state index contributed by atoms with van der Waals surface area (Å²) >= 11 is 9.63. The normalized spacial score (nSPS) is 11.2. The van der Waals surface area contributed by atoms with Gasteiger partial charge in [0.2, 0.25) is 0 Å². The van der Waals surface area contributed by atoms with Crippen molar-refractivity contribution in [2.75, 3.05) is 7.11 Å². The molecule has 0 aliphatic heterocycles. The third kappa shape index (κ3) is 5.33. The van der Waals surface area contributed by atoms with Crippen LogP contribution in [0.5, 0.6) is 11.5 Å². The number of benzene rings is 3. The summed E-state index contributed by atoms with van der Waals surface area (Å²) in [5, 5.41) is 16.0. The number of nitro groups is 1. The second-order valence-corrected chi connectivity index (χ2v) is 8.77. The molecule has 4 rings (SSSR count). The fourth-order valence-corrected chi connectivity index (χ4v) is 3.95. The van der Waals surface area contributed by atoms with E-state index in [1.807, 2.05) is 6.07 Å². The third-order valence-corrected chi connectivity index (χ3v) is 5.79. The van der Waals surface area contributed by atoms with Gasteiger partial charge in [-0.2, -0.15) is 9.78 Å². The van der Waals surface area contributed by atoms with Gasteiger partial charge in [-0.05, 0) is 48.9 Å². The molecule has 0 N–H and O–H groups in total. The third-order valence-electron chi connectivity index (χ3n) is 5.08. The van der Waals surface area contributed by atoms with E-state index < -0.39 is 4.92 Å². The Hall–Kier alpha value is -3.76. The minimum Gasteiger partial charge on any atom is -0.493 e. The van der Waals surface area contributed by atoms with E-state index in [1.54, 1.807) is 43.3 Å². The first-order valence-electron chi connectivity index (χ1n) is 10.2. The highest BCUT2D eigenvalue weighted by molar-refractivity contribution is 9.10. The summed E-state index contributed by atoms with van der Waals surface area (Å²) in [6, 6.07) is 14.5. The van der Waals surface area contributed by atoms with Crippen LogP contribution in [0.2, 0.25) is 5.02 Å². The van der Waals surface area contributed by atoms with Crippen molar-refractivity contribution in [2.45, 2.75) is 13.5 Å². The molecule has 0 fully saturated rings. The second-order valence-electron chi connectivity index (χ2n) is 7.42. The quantitative estimate of drug-likeness (QED) is 0.169. The standard InChI is InChI=1S/C24H18BrClN4O5/c1-14-28-21-8-5-17(25)10-20(21)24(31)29(14)27-12-16-9-18(26)11-22(34-2)23(16)35-13-15-3-6-19(7-4-15)30(32)33/h3-12H,13H2,1-2H3. The Morgan fingerprint density at radius 2 is 1.94 bits per heavy atom. The van der Waals surface area contributed by atoms with Gasteiger partial charge in [-0.3, -0.25) is 14.9 Å². The number of fused-ring (bicyclic) bond motifs is 1. The number of hydrogen-bond acceptors (Lipinski definition) is 7. The molecule has 0 aliphatic carbocycles. The van der Waals surface area contributed by atoms with Gasteiger partial charge in [0.05, 0.1) is 29.2 Å². The molecule has 178 valence electrons. The fraction of sp³-hybridized carbons (Fsp3) is 0.125. The van der Waals surface area contributed by atoms with Crippen LogP contribution in [0.1, 0.15) is 17.0 Å². The van der Waals surface area contributed by atoms with Gasteiger partial charge in [0.15, 0.2) is 11.5 Å². The van der Waals surface area contributed by atoms with Gasteiger partial charge in [0.25, 0.3) is 11.2 Å². The van der Waals surface area contributed by atoms with E-state index >= 15 is 0 Å². The molecular weight excluding hydrogens is 540 g/mol. The Labute approximate surface area is 212 Å². The smallest absolute Gasteiger partial charge is 0.282 e. The zero-order valence-corrected chi connectivity index (χ0v) is 20.9. The molecule has 3 aromatic carbocycles. The van der Waals surface area contributed by atoms with Gasteiger partial charge in [-0.25, -0.2) is 4.98 Å². The molecule has 9 nitrogen and oxygen atoms in total. The number of rotatable bonds is 7. The van der Waals surface area contributed by atoms with Gasteiger partial charge < -0.3 is 9.47 Å². The molecule has 11 heteroatoms. The van der Waals surface area contributed by atoms with E-state index in [2.05, 4.69) is 26.0 Å². The number of halogens is 2. The summed E-state index contributed by atoms with van der Waals surface area (Å²) in [6.07, 6.45) is 1.44. The van der Waals surface area contributed by atoms with Crippen LogP contribution in [0, 0.1) is 17.0 Å². The van der Waals surface area contributed by atoms with Crippen molar-refractivity contribution in [3.63, 3.8) is 0 Å². The van der Waals surface area contributed by atoms with Crippen molar-refractivity contribution in [1.29, 1.82) is 0 Å². The number of hydrogen-bond donors (Lipinski definition) is 0. The molecule has 0 bridgehead atoms. The van der Waals surface area contributed by atoms with Gasteiger partial charge in [0, 0.05) is 33.3 Å². The lowest BCUT2D eigenvalue weighted by Gasteiger charge is -2.14. The molecule has 0 unspecified atom stereocenters. The topological polar surface area (TPSA) is 109 Å². The van der Waals surface area contributed by atoms with Crippen LogP contribution >= 0.6 is 27.5 Å². The first-order valence-corrected chi connectivity index (χ1v) is 11.4. The number of ether oxygens (including phenoxy) is 2. The Morgan fingerprint density at radius 1 is 1.20 bits per heavy atom. The van der Waals surface area contributed by atoms with Gasteiger partial charge >= 0.3 is 0 Å². The Balaban J connectivity index is 1.70. The Morgan fingerprint density at radius 3 is 2.63 bits per heavy atom. The van der Waals surface area contributed by atoms with Crippen molar-refractivity contribution in [3.8, 4) is 11.5 Å². The molecule has 0 atom stereocenters. The number of aryl methyl sites for hydroxylation is 1. The van der Waals surface area contributed by atoms with Crippen LogP contribution in [0.15, 0.2) is 69.0 Å². The minimum atomic E-state index is -0.467. The summed E-state index contributed by atoms with van der Waals surface area (Å²) in [5.41, 5.74) is 1.41. The van der Waals surface area contributed by atoms with Crippen molar-refractivity contribution in [3.05, 3.63) is 102 Å². The van der Waals surface area contributed by atoms with Crippen LogP contribution in [0.3, 0.4) is 0 Å². The summed E-state index contributed by atoms with van der Waals surface area (Å²) in [4.78, 5) is 27.9. The number of nitro benzene ring substituents is 1. The van der Waals surface area contributed by atoms with Gasteiger partial charge in [-0.15, -0.1) is 0 Å². The maximum Gasteiger partial charge on any atom is 0.282 e. The lowest BCUT2D eigenvalue weighted by molar-refractivity contribution is -0.384. The van der Waals surface area contributed by atoms with Crippen LogP contribution in [0.4, 0.5) is 5.69 Å². The highest BCUT2D eigenvalue weighted by atomic mass is 79.9. The molecular formula is C24H18BrClN4O5. The number of aromatic nitrogens is 2. The van der Waals surface area contributed by atoms with Gasteiger partial charge in [-0.1, -0.05) is 27.5 Å². The predicted molar refractivity (Wildman–Crippen MR) is 137 cm³/mol. The molecule has 1 aromatic heterocycles. The van der Waals surface area contributed by atoms with E-state index in [0.717, 1.165) is 4.47 Å². The summed E-state index contributed by atoms with van der Waals surface area (Å²) in [6.45, 7) is 1.80. The first kappa shape index (κ1) is 24.4. The maximum absolute atomic E-state index is 13.0. The molecule has 0 spiro atoms. The molecule has 1 heterocycles. The van der Waals surface area contributed by atoms with Crippen LogP contribution < -0.4 is 15.0 Å². The van der Waals surface area contributed by atoms with E-state index in [1.165, 1.54) is 30.1 Å². The van der Waals surface area contributed by atoms with Crippen molar-refractivity contribution in [1.82, 2.24) is 9.66 Å². The maximum atomic E-state index is 13.0. The zero-order chi connectivity index (χ0) is 25.1. The largest absolute Gasteiger partial charge is 0.493 e.